The van der Waals surface area contributed by atoms with Gasteiger partial charge in [0.25, 0.3) is 0 Å². The van der Waals surface area contributed by atoms with E-state index in [1.165, 1.54) is 44.9 Å². The first-order valence-corrected chi connectivity index (χ1v) is 16.8. The number of unbranched alkanes of at least 4 members (excludes halogenated alkanes) is 13. The zero-order valence-electron chi connectivity index (χ0n) is 26.7. The summed E-state index contributed by atoms with van der Waals surface area (Å²) in [5, 5.41) is 18.7. The molecule has 0 rings (SSSR count). The number of rotatable bonds is 30. The third-order valence-electron chi connectivity index (χ3n) is 6.87. The number of esters is 2. The Labute approximate surface area is 257 Å². The lowest BCUT2D eigenvalue weighted by molar-refractivity contribution is -0.152. The van der Waals surface area contributed by atoms with Gasteiger partial charge in [0.1, 0.15) is 19.3 Å². The predicted octanol–water partition coefficient (Wildman–Crippen LogP) is 8.86. The fourth-order valence-corrected chi connectivity index (χ4v) is 4.29. The number of aliphatic hydroxyl groups is 2. The first-order chi connectivity index (χ1) is 20.6. The SMILES string of the molecule is CCCCCCCCCCCCC(=O)OC[C@@H](O)COC(=O)CCC/C=C\C/C=C\C/C=C\C/C=C\CCCCCO. The van der Waals surface area contributed by atoms with E-state index >= 15 is 0 Å². The Morgan fingerprint density at radius 3 is 1.45 bits per heavy atom. The quantitative estimate of drug-likeness (QED) is 0.0493. The maximum Gasteiger partial charge on any atom is 0.305 e. The zero-order chi connectivity index (χ0) is 30.8. The van der Waals surface area contributed by atoms with Gasteiger partial charge in [-0.15, -0.1) is 0 Å². The highest BCUT2D eigenvalue weighted by atomic mass is 16.6. The first kappa shape index (κ1) is 39.8. The highest BCUT2D eigenvalue weighted by Crippen LogP contribution is 2.11. The molecule has 0 fully saturated rings. The Morgan fingerprint density at radius 2 is 0.952 bits per heavy atom. The molecule has 0 saturated carbocycles. The molecule has 0 aliphatic heterocycles. The largest absolute Gasteiger partial charge is 0.463 e. The van der Waals surface area contributed by atoms with Crippen molar-refractivity contribution in [3.05, 3.63) is 48.6 Å². The minimum Gasteiger partial charge on any atom is -0.463 e. The molecule has 0 unspecified atom stereocenters. The van der Waals surface area contributed by atoms with Gasteiger partial charge in [0.05, 0.1) is 0 Å². The summed E-state index contributed by atoms with van der Waals surface area (Å²) in [5.41, 5.74) is 0. The molecule has 242 valence electrons. The van der Waals surface area contributed by atoms with Gasteiger partial charge in [-0.3, -0.25) is 9.59 Å². The average Bonchev–Trinajstić information content (AvgIpc) is 2.99. The van der Waals surface area contributed by atoms with Crippen LogP contribution in [0.1, 0.15) is 142 Å². The monoisotopic (exact) mass is 590 g/mol. The van der Waals surface area contributed by atoms with Crippen molar-refractivity contribution < 1.29 is 29.3 Å². The minimum atomic E-state index is -0.989. The molecule has 0 amide bonds. The Kier molecular flexibility index (Phi) is 31.6. The Morgan fingerprint density at radius 1 is 0.548 bits per heavy atom. The van der Waals surface area contributed by atoms with E-state index in [9.17, 15) is 14.7 Å². The van der Waals surface area contributed by atoms with Crippen LogP contribution in [0.3, 0.4) is 0 Å². The summed E-state index contributed by atoms with van der Waals surface area (Å²) in [4.78, 5) is 23.7. The van der Waals surface area contributed by atoms with Gasteiger partial charge < -0.3 is 19.7 Å². The second-order valence-corrected chi connectivity index (χ2v) is 11.0. The number of aliphatic hydroxyl groups excluding tert-OH is 2. The maximum atomic E-state index is 11.9. The normalized spacial score (nSPS) is 12.7. The molecule has 0 spiro atoms. The maximum absolute atomic E-state index is 11.9. The topological polar surface area (TPSA) is 93.1 Å². The van der Waals surface area contributed by atoms with Crippen LogP contribution in [0, 0.1) is 0 Å². The van der Waals surface area contributed by atoms with Crippen LogP contribution in [-0.2, 0) is 19.1 Å². The van der Waals surface area contributed by atoms with Gasteiger partial charge in [0.2, 0.25) is 0 Å². The first-order valence-electron chi connectivity index (χ1n) is 16.8. The molecular formula is C36H62O6. The van der Waals surface area contributed by atoms with Crippen LogP contribution in [0.25, 0.3) is 0 Å². The molecule has 2 N–H and O–H groups in total. The van der Waals surface area contributed by atoms with Gasteiger partial charge in [-0.2, -0.15) is 0 Å². The van der Waals surface area contributed by atoms with Crippen molar-refractivity contribution in [2.45, 2.75) is 148 Å². The van der Waals surface area contributed by atoms with Crippen molar-refractivity contribution in [2.24, 2.45) is 0 Å². The number of hydrogen-bond donors (Lipinski definition) is 2. The lowest BCUT2D eigenvalue weighted by atomic mass is 10.1. The van der Waals surface area contributed by atoms with E-state index < -0.39 is 6.10 Å². The standard InChI is InChI=1S/C36H62O6/c1-2-3-4-5-6-7-17-20-23-26-29-35(39)41-32-34(38)33-42-36(40)30-27-24-21-18-15-13-11-9-8-10-12-14-16-19-22-25-28-31-37/h8,10-11,13-14,16,18,21,34,37-38H,2-7,9,12,15,17,19-20,22-33H2,1H3/b10-8-,13-11-,16-14-,21-18-/t34-/m1/s1. The van der Waals surface area contributed by atoms with Gasteiger partial charge >= 0.3 is 11.9 Å². The van der Waals surface area contributed by atoms with Crippen molar-refractivity contribution in [1.29, 1.82) is 0 Å². The van der Waals surface area contributed by atoms with Gasteiger partial charge in [0.15, 0.2) is 0 Å². The molecule has 6 heteroatoms. The molecule has 6 nitrogen and oxygen atoms in total. The van der Waals surface area contributed by atoms with Gasteiger partial charge in [0, 0.05) is 19.4 Å². The summed E-state index contributed by atoms with van der Waals surface area (Å²) in [7, 11) is 0. The molecule has 0 saturated heterocycles. The summed E-state index contributed by atoms with van der Waals surface area (Å²) in [6.45, 7) is 2.23. The molecule has 0 bridgehead atoms. The highest BCUT2D eigenvalue weighted by molar-refractivity contribution is 5.69. The van der Waals surface area contributed by atoms with Crippen LogP contribution in [0.4, 0.5) is 0 Å². The summed E-state index contributed by atoms with van der Waals surface area (Å²) in [6, 6.07) is 0. The number of hydrogen-bond acceptors (Lipinski definition) is 6. The third-order valence-corrected chi connectivity index (χ3v) is 6.87. The lowest BCUT2D eigenvalue weighted by Crippen LogP contribution is -2.25. The molecule has 0 heterocycles. The number of carbonyl (C=O) groups excluding carboxylic acids is 2. The van der Waals surface area contributed by atoms with Crippen molar-refractivity contribution in [2.75, 3.05) is 19.8 Å². The molecule has 1 atom stereocenters. The Hall–Kier alpha value is -2.18. The second kappa shape index (κ2) is 33.3. The van der Waals surface area contributed by atoms with E-state index in [-0.39, 0.29) is 25.2 Å². The Balaban J connectivity index is 3.58. The lowest BCUT2D eigenvalue weighted by Gasteiger charge is -2.12. The zero-order valence-corrected chi connectivity index (χ0v) is 26.7. The van der Waals surface area contributed by atoms with Gasteiger partial charge in [-0.1, -0.05) is 120 Å². The van der Waals surface area contributed by atoms with E-state index in [1.54, 1.807) is 0 Å². The summed E-state index contributed by atoms with van der Waals surface area (Å²) in [5.74, 6) is -0.647. The van der Waals surface area contributed by atoms with E-state index in [2.05, 4.69) is 55.5 Å². The average molecular weight is 591 g/mol. The van der Waals surface area contributed by atoms with Crippen molar-refractivity contribution in [3.63, 3.8) is 0 Å². The van der Waals surface area contributed by atoms with Crippen molar-refractivity contribution in [1.82, 2.24) is 0 Å². The molecule has 0 aromatic rings. The molecule has 42 heavy (non-hydrogen) atoms. The minimum absolute atomic E-state index is 0.139. The number of carbonyl (C=O) groups is 2. The van der Waals surface area contributed by atoms with Crippen LogP contribution >= 0.6 is 0 Å². The van der Waals surface area contributed by atoms with E-state index in [0.29, 0.717) is 25.9 Å². The van der Waals surface area contributed by atoms with Crippen molar-refractivity contribution >= 4 is 11.9 Å². The van der Waals surface area contributed by atoms with Crippen molar-refractivity contribution in [3.8, 4) is 0 Å². The molecular weight excluding hydrogens is 528 g/mol. The predicted molar refractivity (Wildman–Crippen MR) is 174 cm³/mol. The number of ether oxygens (including phenoxy) is 2. The molecule has 0 radical (unpaired) electrons. The van der Waals surface area contributed by atoms with Crippen LogP contribution in [-0.4, -0.2) is 48.1 Å². The summed E-state index contributed by atoms with van der Waals surface area (Å²) >= 11 is 0. The van der Waals surface area contributed by atoms with Crippen LogP contribution in [0.2, 0.25) is 0 Å². The van der Waals surface area contributed by atoms with Crippen LogP contribution in [0.15, 0.2) is 48.6 Å². The smallest absolute Gasteiger partial charge is 0.305 e. The molecule has 0 aliphatic rings. The fourth-order valence-electron chi connectivity index (χ4n) is 4.29. The third kappa shape index (κ3) is 32.3. The molecule has 0 aliphatic carbocycles. The van der Waals surface area contributed by atoms with Gasteiger partial charge in [-0.25, -0.2) is 0 Å². The van der Waals surface area contributed by atoms with E-state index in [1.807, 2.05) is 0 Å². The van der Waals surface area contributed by atoms with E-state index in [4.69, 9.17) is 14.6 Å². The Bertz CT molecular complexity index is 724. The highest BCUT2D eigenvalue weighted by Gasteiger charge is 2.11. The molecule has 0 aromatic carbocycles. The van der Waals surface area contributed by atoms with Gasteiger partial charge in [-0.05, 0) is 57.8 Å². The second-order valence-electron chi connectivity index (χ2n) is 11.0. The van der Waals surface area contributed by atoms with E-state index in [0.717, 1.165) is 70.6 Å². The van der Waals surface area contributed by atoms with Crippen LogP contribution < -0.4 is 0 Å². The summed E-state index contributed by atoms with van der Waals surface area (Å²) < 4.78 is 10.2. The summed E-state index contributed by atoms with van der Waals surface area (Å²) in [6.07, 6.45) is 37.5. The number of allylic oxidation sites excluding steroid dienone is 8. The fraction of sp³-hybridized carbons (Fsp3) is 0.722. The van der Waals surface area contributed by atoms with Crippen LogP contribution in [0.5, 0.6) is 0 Å². The molecule has 0 aromatic heterocycles.